The molecule has 2 rings (SSSR count). The Morgan fingerprint density at radius 1 is 1.16 bits per heavy atom. The van der Waals surface area contributed by atoms with Gasteiger partial charge in [-0.1, -0.05) is 40.3 Å². The molecule has 134 valence electrons. The highest BCUT2D eigenvalue weighted by Gasteiger charge is 2.23. The molecule has 0 spiro atoms. The molecule has 0 heterocycles. The third-order valence-electron chi connectivity index (χ3n) is 3.59. The summed E-state index contributed by atoms with van der Waals surface area (Å²) in [6.45, 7) is 1.69. The summed E-state index contributed by atoms with van der Waals surface area (Å²) in [7, 11) is -1.35. The lowest BCUT2D eigenvalue weighted by atomic mass is 10.1. The van der Waals surface area contributed by atoms with E-state index in [1.807, 2.05) is 0 Å². The van der Waals surface area contributed by atoms with E-state index in [0.29, 0.717) is 15.1 Å². The van der Waals surface area contributed by atoms with Gasteiger partial charge in [0.1, 0.15) is 6.10 Å². The summed E-state index contributed by atoms with van der Waals surface area (Å²) in [5, 5.41) is 0.487. The van der Waals surface area contributed by atoms with Gasteiger partial charge >= 0.3 is 5.97 Å². The van der Waals surface area contributed by atoms with Gasteiger partial charge in [-0.3, -0.25) is 4.84 Å². The minimum absolute atomic E-state index is 0.0725. The number of hydrogen-bond donors (Lipinski definition) is 0. The standard InChI is InChI=1S/C17H18ClNO5S/c1-12(15-9-4-5-10-16(15)18)24-17(20)13-7-6-8-14(11-13)25(21,22)19(2)23-3/h4-12H,1-3H3. The summed E-state index contributed by atoms with van der Waals surface area (Å²) in [5.74, 6) is -0.649. The molecule has 0 amide bonds. The zero-order valence-electron chi connectivity index (χ0n) is 14.0. The number of carbonyl (C=O) groups excluding carboxylic acids is 1. The summed E-state index contributed by atoms with van der Waals surface area (Å²) >= 11 is 6.09. The minimum Gasteiger partial charge on any atom is -0.454 e. The molecule has 1 unspecified atom stereocenters. The van der Waals surface area contributed by atoms with Crippen LogP contribution in [0.5, 0.6) is 0 Å². The zero-order valence-corrected chi connectivity index (χ0v) is 15.5. The van der Waals surface area contributed by atoms with E-state index in [-0.39, 0.29) is 10.5 Å². The maximum atomic E-state index is 12.4. The van der Waals surface area contributed by atoms with Crippen LogP contribution in [0.25, 0.3) is 0 Å². The quantitative estimate of drug-likeness (QED) is 0.564. The number of rotatable bonds is 6. The van der Waals surface area contributed by atoms with Crippen LogP contribution in [0.4, 0.5) is 0 Å². The number of hydrogen-bond acceptors (Lipinski definition) is 5. The van der Waals surface area contributed by atoms with Crippen LogP contribution < -0.4 is 0 Å². The van der Waals surface area contributed by atoms with Crippen LogP contribution in [0.2, 0.25) is 5.02 Å². The van der Waals surface area contributed by atoms with Crippen LogP contribution in [0.15, 0.2) is 53.4 Å². The topological polar surface area (TPSA) is 72.9 Å². The summed E-state index contributed by atoms with van der Waals surface area (Å²) in [6.07, 6.45) is -0.580. The normalized spacial score (nSPS) is 12.8. The van der Waals surface area contributed by atoms with E-state index in [1.165, 1.54) is 38.4 Å². The van der Waals surface area contributed by atoms with Crippen molar-refractivity contribution in [1.82, 2.24) is 4.47 Å². The largest absolute Gasteiger partial charge is 0.454 e. The number of benzene rings is 2. The SMILES string of the molecule is CON(C)S(=O)(=O)c1cccc(C(=O)OC(C)c2ccccc2Cl)c1. The van der Waals surface area contributed by atoms with E-state index in [4.69, 9.17) is 21.2 Å². The van der Waals surface area contributed by atoms with Gasteiger partial charge in [-0.25, -0.2) is 13.2 Å². The first-order valence-corrected chi connectivity index (χ1v) is 9.17. The van der Waals surface area contributed by atoms with Crippen molar-refractivity contribution in [3.63, 3.8) is 0 Å². The molecule has 2 aromatic carbocycles. The Labute approximate surface area is 151 Å². The molecule has 0 bridgehead atoms. The van der Waals surface area contributed by atoms with E-state index in [2.05, 4.69) is 0 Å². The number of nitrogens with zero attached hydrogens (tertiary/aromatic N) is 1. The Hall–Kier alpha value is -1.93. The van der Waals surface area contributed by atoms with E-state index in [1.54, 1.807) is 31.2 Å². The zero-order chi connectivity index (χ0) is 18.6. The molecule has 0 aliphatic rings. The Balaban J connectivity index is 2.24. The summed E-state index contributed by atoms with van der Waals surface area (Å²) in [5.41, 5.74) is 0.782. The van der Waals surface area contributed by atoms with Gasteiger partial charge in [-0.15, -0.1) is 0 Å². The van der Waals surface area contributed by atoms with E-state index >= 15 is 0 Å². The molecule has 6 nitrogen and oxygen atoms in total. The van der Waals surface area contributed by atoms with Crippen molar-refractivity contribution in [3.05, 3.63) is 64.7 Å². The fourth-order valence-electron chi connectivity index (χ4n) is 2.13. The van der Waals surface area contributed by atoms with Crippen molar-refractivity contribution >= 4 is 27.6 Å². The number of esters is 1. The Morgan fingerprint density at radius 2 is 1.84 bits per heavy atom. The van der Waals surface area contributed by atoms with Crippen molar-refractivity contribution in [1.29, 1.82) is 0 Å². The van der Waals surface area contributed by atoms with Crippen molar-refractivity contribution in [2.45, 2.75) is 17.9 Å². The van der Waals surface area contributed by atoms with Crippen molar-refractivity contribution in [2.24, 2.45) is 0 Å². The van der Waals surface area contributed by atoms with Gasteiger partial charge < -0.3 is 4.74 Å². The Bertz CT molecular complexity index is 869. The maximum absolute atomic E-state index is 12.4. The van der Waals surface area contributed by atoms with Crippen molar-refractivity contribution in [2.75, 3.05) is 14.2 Å². The Morgan fingerprint density at radius 3 is 2.48 bits per heavy atom. The predicted octanol–water partition coefficient (Wildman–Crippen LogP) is 3.44. The molecule has 0 saturated heterocycles. The third kappa shape index (κ3) is 4.38. The van der Waals surface area contributed by atoms with Crippen LogP contribution in [0.1, 0.15) is 28.9 Å². The first-order chi connectivity index (χ1) is 11.8. The van der Waals surface area contributed by atoms with Gasteiger partial charge in [0, 0.05) is 17.6 Å². The molecule has 0 aromatic heterocycles. The lowest BCUT2D eigenvalue weighted by Gasteiger charge is -2.16. The predicted molar refractivity (Wildman–Crippen MR) is 93.7 cm³/mol. The monoisotopic (exact) mass is 383 g/mol. The van der Waals surface area contributed by atoms with Crippen LogP contribution in [-0.4, -0.2) is 33.0 Å². The summed E-state index contributed by atoms with van der Waals surface area (Å²) in [4.78, 5) is 17.0. The van der Waals surface area contributed by atoms with Gasteiger partial charge in [0.2, 0.25) is 0 Å². The Kier molecular flexibility index (Phi) is 6.18. The van der Waals surface area contributed by atoms with Crippen LogP contribution in [0, 0.1) is 0 Å². The molecule has 25 heavy (non-hydrogen) atoms. The number of sulfonamides is 1. The lowest BCUT2D eigenvalue weighted by Crippen LogP contribution is -2.26. The first-order valence-electron chi connectivity index (χ1n) is 7.36. The lowest BCUT2D eigenvalue weighted by molar-refractivity contribution is -0.0258. The number of ether oxygens (including phenoxy) is 1. The van der Waals surface area contributed by atoms with Gasteiger partial charge in [0.25, 0.3) is 10.0 Å². The van der Waals surface area contributed by atoms with E-state index < -0.39 is 22.1 Å². The molecule has 0 radical (unpaired) electrons. The summed E-state index contributed by atoms with van der Waals surface area (Å²) < 4.78 is 30.6. The van der Waals surface area contributed by atoms with E-state index in [9.17, 15) is 13.2 Å². The smallest absolute Gasteiger partial charge is 0.338 e. The molecule has 0 aliphatic carbocycles. The fraction of sp³-hybridized carbons (Fsp3) is 0.235. The number of halogens is 1. The third-order valence-corrected chi connectivity index (χ3v) is 5.61. The second-order valence-electron chi connectivity index (χ2n) is 5.19. The van der Waals surface area contributed by atoms with E-state index in [0.717, 1.165) is 0 Å². The first kappa shape index (κ1) is 19.4. The van der Waals surface area contributed by atoms with Gasteiger partial charge in [0.05, 0.1) is 17.6 Å². The molecule has 2 aromatic rings. The van der Waals surface area contributed by atoms with Gasteiger partial charge in [0.15, 0.2) is 0 Å². The molecule has 0 fully saturated rings. The minimum atomic E-state index is -3.85. The van der Waals surface area contributed by atoms with Crippen LogP contribution in [0.3, 0.4) is 0 Å². The van der Waals surface area contributed by atoms with Crippen molar-refractivity contribution < 1.29 is 22.8 Å². The molecule has 0 aliphatic heterocycles. The second-order valence-corrected chi connectivity index (χ2v) is 7.54. The van der Waals surface area contributed by atoms with Crippen LogP contribution in [-0.2, 0) is 19.6 Å². The fourth-order valence-corrected chi connectivity index (χ4v) is 3.44. The van der Waals surface area contributed by atoms with Crippen molar-refractivity contribution in [3.8, 4) is 0 Å². The summed E-state index contributed by atoms with van der Waals surface area (Å²) in [6, 6.07) is 12.6. The molecular weight excluding hydrogens is 366 g/mol. The average molecular weight is 384 g/mol. The second kappa shape index (κ2) is 7.97. The maximum Gasteiger partial charge on any atom is 0.338 e. The van der Waals surface area contributed by atoms with Gasteiger partial charge in [-0.05, 0) is 31.2 Å². The number of carbonyl (C=O) groups is 1. The van der Waals surface area contributed by atoms with Gasteiger partial charge in [-0.2, -0.15) is 0 Å². The molecule has 0 saturated carbocycles. The molecule has 0 N–H and O–H groups in total. The average Bonchev–Trinajstić information content (AvgIpc) is 2.61. The molecule has 1 atom stereocenters. The highest BCUT2D eigenvalue weighted by atomic mass is 35.5. The van der Waals surface area contributed by atoms with Crippen LogP contribution >= 0.6 is 11.6 Å². The highest BCUT2D eigenvalue weighted by Crippen LogP contribution is 2.26. The molecular formula is C17H18ClNO5S. The molecule has 8 heteroatoms. The highest BCUT2D eigenvalue weighted by molar-refractivity contribution is 7.89. The number of hydroxylamine groups is 1.